The Bertz CT molecular complexity index is 677. The monoisotopic (exact) mass is 344 g/mol. The van der Waals surface area contributed by atoms with E-state index < -0.39 is 0 Å². The summed E-state index contributed by atoms with van der Waals surface area (Å²) in [5.41, 5.74) is 0.812. The van der Waals surface area contributed by atoms with Crippen LogP contribution in [0.15, 0.2) is 6.20 Å². The summed E-state index contributed by atoms with van der Waals surface area (Å²) in [7, 11) is 0. The van der Waals surface area contributed by atoms with E-state index in [1.54, 1.807) is 0 Å². The molecule has 2 saturated carbocycles. The van der Waals surface area contributed by atoms with Gasteiger partial charge in [-0.05, 0) is 32.1 Å². The standard InChI is InChI=1S/C19H28N4O2/c1-12-9-16(12)19(25)23-8-7-22-11-15(21-18(22)13(23)2)10-17(24)20-14-5-3-4-6-14/h11-14,16H,3-10H2,1-2H3,(H,20,24). The lowest BCUT2D eigenvalue weighted by atomic mass is 10.1. The fourth-order valence-electron chi connectivity index (χ4n) is 4.33. The lowest BCUT2D eigenvalue weighted by Crippen LogP contribution is -2.42. The summed E-state index contributed by atoms with van der Waals surface area (Å²) in [6.07, 6.45) is 7.95. The predicted octanol–water partition coefficient (Wildman–Crippen LogP) is 2.04. The van der Waals surface area contributed by atoms with Crippen LogP contribution in [0.4, 0.5) is 0 Å². The van der Waals surface area contributed by atoms with Crippen molar-refractivity contribution in [2.45, 2.75) is 71.0 Å². The minimum absolute atomic E-state index is 0.0132. The van der Waals surface area contributed by atoms with Crippen molar-refractivity contribution < 1.29 is 9.59 Å². The molecule has 1 aliphatic heterocycles. The fourth-order valence-corrected chi connectivity index (χ4v) is 4.33. The number of hydrogen-bond acceptors (Lipinski definition) is 3. The predicted molar refractivity (Wildman–Crippen MR) is 93.7 cm³/mol. The van der Waals surface area contributed by atoms with Gasteiger partial charge < -0.3 is 14.8 Å². The second kappa shape index (κ2) is 6.46. The normalized spacial score (nSPS) is 28.7. The number of aromatic nitrogens is 2. The van der Waals surface area contributed by atoms with Gasteiger partial charge in [0, 0.05) is 31.2 Å². The van der Waals surface area contributed by atoms with Gasteiger partial charge in [-0.25, -0.2) is 4.98 Å². The van der Waals surface area contributed by atoms with E-state index in [2.05, 4.69) is 21.8 Å². The lowest BCUT2D eigenvalue weighted by Gasteiger charge is -2.34. The first-order valence-corrected chi connectivity index (χ1v) is 9.68. The van der Waals surface area contributed by atoms with Gasteiger partial charge in [-0.15, -0.1) is 0 Å². The summed E-state index contributed by atoms with van der Waals surface area (Å²) in [5.74, 6) is 1.98. The molecule has 4 rings (SSSR count). The molecule has 3 unspecified atom stereocenters. The molecule has 1 aromatic rings. The first-order valence-electron chi connectivity index (χ1n) is 9.68. The zero-order valence-corrected chi connectivity index (χ0v) is 15.2. The van der Waals surface area contributed by atoms with Crippen LogP contribution < -0.4 is 5.32 Å². The molecular weight excluding hydrogens is 316 g/mol. The zero-order valence-electron chi connectivity index (χ0n) is 15.2. The molecule has 0 spiro atoms. The van der Waals surface area contributed by atoms with Crippen molar-refractivity contribution >= 4 is 11.8 Å². The van der Waals surface area contributed by atoms with Crippen molar-refractivity contribution in [2.24, 2.45) is 11.8 Å². The Morgan fingerprint density at radius 2 is 1.96 bits per heavy atom. The molecule has 3 atom stereocenters. The molecule has 0 aromatic carbocycles. The van der Waals surface area contributed by atoms with Crippen LogP contribution in [-0.4, -0.2) is 38.9 Å². The summed E-state index contributed by atoms with van der Waals surface area (Å²) in [4.78, 5) is 31.5. The largest absolute Gasteiger partial charge is 0.353 e. The maximum absolute atomic E-state index is 12.6. The molecular formula is C19H28N4O2. The Morgan fingerprint density at radius 3 is 2.64 bits per heavy atom. The van der Waals surface area contributed by atoms with E-state index in [4.69, 9.17) is 0 Å². The fraction of sp³-hybridized carbons (Fsp3) is 0.737. The van der Waals surface area contributed by atoms with Crippen molar-refractivity contribution in [3.8, 4) is 0 Å². The smallest absolute Gasteiger partial charge is 0.226 e. The number of hydrogen-bond donors (Lipinski definition) is 1. The van der Waals surface area contributed by atoms with Crippen LogP contribution >= 0.6 is 0 Å². The van der Waals surface area contributed by atoms with Gasteiger partial charge in [-0.2, -0.15) is 0 Å². The number of nitrogens with one attached hydrogen (secondary N) is 1. The maximum atomic E-state index is 12.6. The minimum atomic E-state index is -0.0132. The molecule has 3 aliphatic rings. The summed E-state index contributed by atoms with van der Waals surface area (Å²) >= 11 is 0. The van der Waals surface area contributed by atoms with E-state index in [0.29, 0.717) is 18.4 Å². The van der Waals surface area contributed by atoms with Crippen LogP contribution in [0.1, 0.15) is 63.5 Å². The molecule has 2 aliphatic carbocycles. The molecule has 2 heterocycles. The van der Waals surface area contributed by atoms with Gasteiger partial charge in [-0.3, -0.25) is 9.59 Å². The molecule has 6 heteroatoms. The molecule has 2 fully saturated rings. The average Bonchev–Trinajstić information content (AvgIpc) is 2.97. The molecule has 0 saturated heterocycles. The van der Waals surface area contributed by atoms with Crippen LogP contribution in [0.5, 0.6) is 0 Å². The van der Waals surface area contributed by atoms with E-state index in [0.717, 1.165) is 43.9 Å². The van der Waals surface area contributed by atoms with Crippen LogP contribution in [0, 0.1) is 11.8 Å². The number of carbonyl (C=O) groups is 2. The quantitative estimate of drug-likeness (QED) is 0.909. The van der Waals surface area contributed by atoms with Crippen molar-refractivity contribution in [1.29, 1.82) is 0 Å². The van der Waals surface area contributed by atoms with Crippen LogP contribution in [0.3, 0.4) is 0 Å². The topological polar surface area (TPSA) is 67.2 Å². The Kier molecular flexibility index (Phi) is 4.29. The highest BCUT2D eigenvalue weighted by Crippen LogP contribution is 2.41. The first-order chi connectivity index (χ1) is 12.0. The summed E-state index contributed by atoms with van der Waals surface area (Å²) in [6.45, 7) is 5.69. The van der Waals surface area contributed by atoms with Gasteiger partial charge in [0.2, 0.25) is 11.8 Å². The number of nitrogens with zero attached hydrogens (tertiary/aromatic N) is 3. The Morgan fingerprint density at radius 1 is 1.24 bits per heavy atom. The molecule has 1 aromatic heterocycles. The second-order valence-electron chi connectivity index (χ2n) is 8.04. The van der Waals surface area contributed by atoms with Crippen molar-refractivity contribution in [3.63, 3.8) is 0 Å². The van der Waals surface area contributed by atoms with Gasteiger partial charge in [0.05, 0.1) is 18.2 Å². The number of carbonyl (C=O) groups excluding carboxylic acids is 2. The maximum Gasteiger partial charge on any atom is 0.226 e. The molecule has 136 valence electrons. The van der Waals surface area contributed by atoms with E-state index >= 15 is 0 Å². The van der Waals surface area contributed by atoms with Gasteiger partial charge in [0.1, 0.15) is 5.82 Å². The van der Waals surface area contributed by atoms with E-state index in [-0.39, 0.29) is 23.8 Å². The Hall–Kier alpha value is -1.85. The number of amides is 2. The molecule has 25 heavy (non-hydrogen) atoms. The third-order valence-electron chi connectivity index (χ3n) is 6.05. The van der Waals surface area contributed by atoms with Crippen LogP contribution in [0.2, 0.25) is 0 Å². The van der Waals surface area contributed by atoms with E-state index in [1.165, 1.54) is 12.8 Å². The van der Waals surface area contributed by atoms with Crippen molar-refractivity contribution in [2.75, 3.05) is 6.54 Å². The van der Waals surface area contributed by atoms with Crippen molar-refractivity contribution in [1.82, 2.24) is 19.8 Å². The third kappa shape index (κ3) is 3.31. The molecule has 0 radical (unpaired) electrons. The number of rotatable bonds is 4. The van der Waals surface area contributed by atoms with Crippen LogP contribution in [-0.2, 0) is 22.6 Å². The SMILES string of the molecule is CC1CC1C(=O)N1CCn2cc(CC(=O)NC3CCCC3)nc2C1C. The van der Waals surface area contributed by atoms with Gasteiger partial charge in [0.25, 0.3) is 0 Å². The Balaban J connectivity index is 1.41. The van der Waals surface area contributed by atoms with E-state index in [1.807, 2.05) is 18.0 Å². The Labute approximate surface area is 149 Å². The summed E-state index contributed by atoms with van der Waals surface area (Å²) < 4.78 is 2.11. The second-order valence-corrected chi connectivity index (χ2v) is 8.04. The zero-order chi connectivity index (χ0) is 17.6. The molecule has 6 nitrogen and oxygen atoms in total. The molecule has 0 bridgehead atoms. The first kappa shape index (κ1) is 16.6. The number of fused-ring (bicyclic) bond motifs is 1. The minimum Gasteiger partial charge on any atom is -0.353 e. The highest BCUT2D eigenvalue weighted by atomic mass is 16.2. The van der Waals surface area contributed by atoms with Crippen LogP contribution in [0.25, 0.3) is 0 Å². The van der Waals surface area contributed by atoms with Gasteiger partial charge in [0.15, 0.2) is 0 Å². The summed E-state index contributed by atoms with van der Waals surface area (Å²) in [6, 6.07) is 0.331. The average molecular weight is 344 g/mol. The van der Waals surface area contributed by atoms with Gasteiger partial charge >= 0.3 is 0 Å². The number of imidazole rings is 1. The van der Waals surface area contributed by atoms with Gasteiger partial charge in [-0.1, -0.05) is 19.8 Å². The third-order valence-corrected chi connectivity index (χ3v) is 6.05. The summed E-state index contributed by atoms with van der Waals surface area (Å²) in [5, 5.41) is 3.12. The highest BCUT2D eigenvalue weighted by molar-refractivity contribution is 5.82. The van der Waals surface area contributed by atoms with E-state index in [9.17, 15) is 9.59 Å². The highest BCUT2D eigenvalue weighted by Gasteiger charge is 2.44. The molecule has 2 amide bonds. The lowest BCUT2D eigenvalue weighted by molar-refractivity contribution is -0.136. The molecule has 1 N–H and O–H groups in total. The van der Waals surface area contributed by atoms with Crippen molar-refractivity contribution in [3.05, 3.63) is 17.7 Å².